The maximum Gasteiger partial charge on any atom is 0.233 e. The van der Waals surface area contributed by atoms with E-state index in [1.807, 2.05) is 65.9 Å². The first kappa shape index (κ1) is 21.2. The van der Waals surface area contributed by atoms with Crippen LogP contribution in [0.2, 0.25) is 0 Å². The molecule has 0 N–H and O–H groups in total. The summed E-state index contributed by atoms with van der Waals surface area (Å²) in [7, 11) is 1.90. The number of para-hydroxylation sites is 1. The Hall–Kier alpha value is -3.00. The summed E-state index contributed by atoms with van der Waals surface area (Å²) in [5.74, 6) is 2.03. The van der Waals surface area contributed by atoms with Gasteiger partial charge in [0.2, 0.25) is 5.91 Å². The Labute approximate surface area is 187 Å². The van der Waals surface area contributed by atoms with Crippen LogP contribution in [0.25, 0.3) is 0 Å². The second kappa shape index (κ2) is 9.87. The summed E-state index contributed by atoms with van der Waals surface area (Å²) in [5, 5.41) is 9.18. The molecule has 0 aliphatic carbocycles. The molecule has 0 radical (unpaired) electrons. The van der Waals surface area contributed by atoms with E-state index in [1.165, 1.54) is 17.4 Å². The first-order valence-corrected chi connectivity index (χ1v) is 11.4. The minimum atomic E-state index is 0.137. The van der Waals surface area contributed by atoms with E-state index < -0.39 is 0 Å². The first-order chi connectivity index (χ1) is 15.1. The highest BCUT2D eigenvalue weighted by atomic mass is 32.2. The Bertz CT molecular complexity index is 1020. The molecule has 2 heterocycles. The fourth-order valence-corrected chi connectivity index (χ4v) is 4.35. The number of hydrogen-bond donors (Lipinski definition) is 0. The molecule has 0 atom stereocenters. The summed E-state index contributed by atoms with van der Waals surface area (Å²) in [6.45, 7) is 5.55. The Morgan fingerprint density at radius 2 is 1.81 bits per heavy atom. The van der Waals surface area contributed by atoms with Crippen molar-refractivity contribution in [2.45, 2.75) is 18.7 Å². The van der Waals surface area contributed by atoms with Crippen molar-refractivity contribution in [3.05, 3.63) is 66.0 Å². The van der Waals surface area contributed by atoms with Crippen LogP contribution in [-0.4, -0.2) is 57.5 Å². The lowest BCUT2D eigenvalue weighted by molar-refractivity contribution is -0.128. The van der Waals surface area contributed by atoms with Gasteiger partial charge in [0, 0.05) is 38.9 Å². The van der Waals surface area contributed by atoms with Crippen molar-refractivity contribution in [2.24, 2.45) is 7.05 Å². The molecule has 1 aliphatic rings. The molecule has 0 spiro atoms. The number of aryl methyl sites for hydroxylation is 1. The van der Waals surface area contributed by atoms with Gasteiger partial charge in [0.05, 0.1) is 5.75 Å². The van der Waals surface area contributed by atoms with Gasteiger partial charge >= 0.3 is 0 Å². The largest absolute Gasteiger partial charge is 0.486 e. The van der Waals surface area contributed by atoms with E-state index in [4.69, 9.17) is 4.74 Å². The zero-order valence-corrected chi connectivity index (χ0v) is 18.7. The van der Waals surface area contributed by atoms with Gasteiger partial charge < -0.3 is 19.1 Å². The van der Waals surface area contributed by atoms with Crippen LogP contribution in [0.15, 0.2) is 59.8 Å². The second-order valence-electron chi connectivity index (χ2n) is 7.56. The fraction of sp³-hybridized carbons (Fsp3) is 0.348. The lowest BCUT2D eigenvalue weighted by Gasteiger charge is -2.36. The van der Waals surface area contributed by atoms with Crippen LogP contribution in [-0.2, 0) is 18.4 Å². The third-order valence-corrected chi connectivity index (χ3v) is 6.37. The molecular weight excluding hydrogens is 410 g/mol. The number of carbonyl (C=O) groups is 1. The smallest absolute Gasteiger partial charge is 0.233 e. The highest BCUT2D eigenvalue weighted by Gasteiger charge is 2.22. The number of ether oxygens (including phenoxy) is 1. The number of amides is 1. The second-order valence-corrected chi connectivity index (χ2v) is 8.50. The lowest BCUT2D eigenvalue weighted by Crippen LogP contribution is -2.49. The number of carbonyl (C=O) groups excluding carboxylic acids is 1. The highest BCUT2D eigenvalue weighted by Crippen LogP contribution is 2.20. The van der Waals surface area contributed by atoms with Crippen LogP contribution in [0, 0.1) is 6.92 Å². The summed E-state index contributed by atoms with van der Waals surface area (Å²) in [6, 6.07) is 18.2. The number of aromatic nitrogens is 3. The molecule has 162 valence electrons. The molecule has 1 aliphatic heterocycles. The number of nitrogens with zero attached hydrogens (tertiary/aromatic N) is 5. The molecule has 0 unspecified atom stereocenters. The van der Waals surface area contributed by atoms with Gasteiger partial charge in [-0.3, -0.25) is 4.79 Å². The molecule has 1 fully saturated rings. The molecule has 1 amide bonds. The topological polar surface area (TPSA) is 63.5 Å². The van der Waals surface area contributed by atoms with Crippen molar-refractivity contribution in [1.29, 1.82) is 0 Å². The van der Waals surface area contributed by atoms with Crippen LogP contribution >= 0.6 is 11.8 Å². The van der Waals surface area contributed by atoms with E-state index in [-0.39, 0.29) is 5.91 Å². The van der Waals surface area contributed by atoms with Crippen LogP contribution in [0.3, 0.4) is 0 Å². The van der Waals surface area contributed by atoms with Crippen molar-refractivity contribution in [3.8, 4) is 5.75 Å². The molecule has 1 saturated heterocycles. The SMILES string of the molecule is Cc1cccc(OCc2nnc(SCC(=O)N3CCN(c4ccccc4)CC3)n2C)c1. The summed E-state index contributed by atoms with van der Waals surface area (Å²) in [6.07, 6.45) is 0. The average molecular weight is 438 g/mol. The molecule has 4 rings (SSSR count). The van der Waals surface area contributed by atoms with Gasteiger partial charge in [-0.2, -0.15) is 0 Å². The van der Waals surface area contributed by atoms with Gasteiger partial charge in [0.25, 0.3) is 0 Å². The molecule has 1 aromatic heterocycles. The standard InChI is InChI=1S/C23H27N5O2S/c1-18-7-6-10-20(15-18)30-16-21-24-25-23(26(21)2)31-17-22(29)28-13-11-27(12-14-28)19-8-4-3-5-9-19/h3-10,15H,11-14,16-17H2,1-2H3. The number of anilines is 1. The van der Waals surface area contributed by atoms with E-state index in [0.29, 0.717) is 12.4 Å². The van der Waals surface area contributed by atoms with E-state index in [0.717, 1.165) is 48.5 Å². The number of hydrogen-bond acceptors (Lipinski definition) is 6. The van der Waals surface area contributed by atoms with Crippen LogP contribution in [0.5, 0.6) is 5.75 Å². The van der Waals surface area contributed by atoms with Crippen molar-refractivity contribution < 1.29 is 9.53 Å². The maximum absolute atomic E-state index is 12.7. The Morgan fingerprint density at radius 3 is 2.55 bits per heavy atom. The van der Waals surface area contributed by atoms with Gasteiger partial charge in [-0.05, 0) is 36.8 Å². The maximum atomic E-state index is 12.7. The zero-order chi connectivity index (χ0) is 21.6. The molecule has 0 bridgehead atoms. The van der Waals surface area contributed by atoms with Crippen molar-refractivity contribution >= 4 is 23.4 Å². The molecule has 7 nitrogen and oxygen atoms in total. The summed E-state index contributed by atoms with van der Waals surface area (Å²) in [4.78, 5) is 16.9. The lowest BCUT2D eigenvalue weighted by atomic mass is 10.2. The minimum Gasteiger partial charge on any atom is -0.486 e. The normalized spacial score (nSPS) is 14.0. The molecule has 0 saturated carbocycles. The Kier molecular flexibility index (Phi) is 6.76. The Morgan fingerprint density at radius 1 is 1.03 bits per heavy atom. The minimum absolute atomic E-state index is 0.137. The number of piperazine rings is 1. The van der Waals surface area contributed by atoms with Gasteiger partial charge in [-0.25, -0.2) is 0 Å². The summed E-state index contributed by atoms with van der Waals surface area (Å²) < 4.78 is 7.71. The highest BCUT2D eigenvalue weighted by molar-refractivity contribution is 7.99. The number of rotatable bonds is 7. The predicted molar refractivity (Wildman–Crippen MR) is 122 cm³/mol. The molecule has 2 aromatic carbocycles. The third-order valence-electron chi connectivity index (χ3n) is 5.36. The van der Waals surface area contributed by atoms with Crippen LogP contribution < -0.4 is 9.64 Å². The predicted octanol–water partition coefficient (Wildman–Crippen LogP) is 3.14. The molecule has 3 aromatic rings. The number of benzene rings is 2. The van der Waals surface area contributed by atoms with Crippen molar-refractivity contribution in [3.63, 3.8) is 0 Å². The average Bonchev–Trinajstić information content (AvgIpc) is 3.16. The number of thioether (sulfide) groups is 1. The monoisotopic (exact) mass is 437 g/mol. The van der Waals surface area contributed by atoms with E-state index in [2.05, 4.69) is 27.2 Å². The van der Waals surface area contributed by atoms with Gasteiger partial charge in [-0.1, -0.05) is 42.1 Å². The summed E-state index contributed by atoms with van der Waals surface area (Å²) >= 11 is 1.42. The van der Waals surface area contributed by atoms with Crippen molar-refractivity contribution in [2.75, 3.05) is 36.8 Å². The van der Waals surface area contributed by atoms with Crippen LogP contribution in [0.1, 0.15) is 11.4 Å². The summed E-state index contributed by atoms with van der Waals surface area (Å²) in [5.41, 5.74) is 2.36. The van der Waals surface area contributed by atoms with E-state index in [1.54, 1.807) is 0 Å². The molecular formula is C23H27N5O2S. The molecule has 31 heavy (non-hydrogen) atoms. The third kappa shape index (κ3) is 5.38. The van der Waals surface area contributed by atoms with E-state index >= 15 is 0 Å². The van der Waals surface area contributed by atoms with E-state index in [9.17, 15) is 4.79 Å². The Balaban J connectivity index is 1.25. The first-order valence-electron chi connectivity index (χ1n) is 10.4. The van der Waals surface area contributed by atoms with Crippen LogP contribution in [0.4, 0.5) is 5.69 Å². The van der Waals surface area contributed by atoms with Gasteiger partial charge in [-0.15, -0.1) is 10.2 Å². The quantitative estimate of drug-likeness (QED) is 0.529. The van der Waals surface area contributed by atoms with Gasteiger partial charge in [0.15, 0.2) is 11.0 Å². The molecule has 8 heteroatoms. The van der Waals surface area contributed by atoms with Crippen molar-refractivity contribution in [1.82, 2.24) is 19.7 Å². The zero-order valence-electron chi connectivity index (χ0n) is 17.9. The fourth-order valence-electron chi connectivity index (χ4n) is 3.52. The van der Waals surface area contributed by atoms with Gasteiger partial charge in [0.1, 0.15) is 12.4 Å².